The average molecular weight is 538 g/mol. The fourth-order valence-electron chi connectivity index (χ4n) is 5.82. The van der Waals surface area contributed by atoms with Gasteiger partial charge in [-0.2, -0.15) is 5.26 Å². The maximum Gasteiger partial charge on any atom is 0.221 e. The number of aliphatic hydroxyl groups is 2. The fourth-order valence-corrected chi connectivity index (χ4v) is 5.99. The van der Waals surface area contributed by atoms with Gasteiger partial charge in [0.1, 0.15) is 22.7 Å². The van der Waals surface area contributed by atoms with Crippen LogP contribution in [0.2, 0.25) is 5.15 Å². The second kappa shape index (κ2) is 10.9. The molecule has 0 unspecified atom stereocenters. The predicted octanol–water partition coefficient (Wildman–Crippen LogP) is 3.85. The Morgan fingerprint density at radius 1 is 1.24 bits per heavy atom. The number of rotatable bonds is 9. The first-order valence-corrected chi connectivity index (χ1v) is 12.9. The van der Waals surface area contributed by atoms with Gasteiger partial charge in [0, 0.05) is 44.0 Å². The van der Waals surface area contributed by atoms with E-state index in [4.69, 9.17) is 21.1 Å². The Morgan fingerprint density at radius 2 is 1.95 bits per heavy atom. The molecule has 7 nitrogen and oxygen atoms in total. The number of nitriles is 1. The SMILES string of the molecule is COc1nc(Cl)cc2c1C[C@](c1ccc(C#N)cc1)([C@H](c1ccccc1)[C@@H](CN1CC(F)C1)[C@@H](O)CO)O2. The molecule has 1 aromatic heterocycles. The van der Waals surface area contributed by atoms with Crippen molar-refractivity contribution in [2.45, 2.75) is 30.2 Å². The summed E-state index contributed by atoms with van der Waals surface area (Å²) in [5.41, 5.74) is 1.81. The largest absolute Gasteiger partial charge is 0.481 e. The molecule has 0 amide bonds. The number of pyridine rings is 1. The highest BCUT2D eigenvalue weighted by Crippen LogP contribution is 2.55. The van der Waals surface area contributed by atoms with Crippen molar-refractivity contribution in [1.29, 1.82) is 5.26 Å². The number of likely N-dealkylation sites (tertiary alicyclic amines) is 1. The van der Waals surface area contributed by atoms with Gasteiger partial charge in [-0.25, -0.2) is 9.37 Å². The van der Waals surface area contributed by atoms with Crippen molar-refractivity contribution in [3.8, 4) is 17.7 Å². The van der Waals surface area contributed by atoms with E-state index in [1.165, 1.54) is 7.11 Å². The Bertz CT molecular complexity index is 1310. The van der Waals surface area contributed by atoms with E-state index >= 15 is 0 Å². The van der Waals surface area contributed by atoms with Gasteiger partial charge in [-0.05, 0) is 23.3 Å². The van der Waals surface area contributed by atoms with Crippen LogP contribution in [0.25, 0.3) is 0 Å². The van der Waals surface area contributed by atoms with Gasteiger partial charge in [0.25, 0.3) is 0 Å². The lowest BCUT2D eigenvalue weighted by atomic mass is 9.67. The number of halogens is 2. The highest BCUT2D eigenvalue weighted by Gasteiger charge is 2.54. The normalized spacial score (nSPS) is 21.5. The van der Waals surface area contributed by atoms with E-state index in [0.29, 0.717) is 30.2 Å². The Morgan fingerprint density at radius 3 is 2.55 bits per heavy atom. The molecular formula is C29H29ClFN3O4. The Labute approximate surface area is 226 Å². The van der Waals surface area contributed by atoms with E-state index in [1.54, 1.807) is 18.2 Å². The summed E-state index contributed by atoms with van der Waals surface area (Å²) in [4.78, 5) is 6.28. The Balaban J connectivity index is 1.71. The summed E-state index contributed by atoms with van der Waals surface area (Å²) in [5.74, 6) is -0.170. The van der Waals surface area contributed by atoms with Gasteiger partial charge in [0.15, 0.2) is 0 Å². The lowest BCUT2D eigenvalue weighted by Crippen LogP contribution is -2.55. The molecule has 38 heavy (non-hydrogen) atoms. The zero-order valence-electron chi connectivity index (χ0n) is 20.9. The van der Waals surface area contributed by atoms with Crippen molar-refractivity contribution >= 4 is 11.6 Å². The molecule has 9 heteroatoms. The third-order valence-electron chi connectivity index (χ3n) is 7.59. The molecule has 5 rings (SSSR count). The topological polar surface area (TPSA) is 98.8 Å². The first kappa shape index (κ1) is 26.4. The molecule has 2 N–H and O–H groups in total. The number of ether oxygens (including phenoxy) is 2. The number of aliphatic hydroxyl groups excluding tert-OH is 2. The average Bonchev–Trinajstić information content (AvgIpc) is 3.31. The van der Waals surface area contributed by atoms with Crippen LogP contribution >= 0.6 is 11.6 Å². The molecule has 3 heterocycles. The van der Waals surface area contributed by atoms with Crippen molar-refractivity contribution in [2.75, 3.05) is 33.4 Å². The number of nitrogens with zero attached hydrogens (tertiary/aromatic N) is 3. The maximum atomic E-state index is 13.8. The molecule has 2 aliphatic rings. The van der Waals surface area contributed by atoms with Gasteiger partial charge in [0.05, 0.1) is 37.0 Å². The molecule has 4 atom stereocenters. The van der Waals surface area contributed by atoms with Crippen LogP contribution in [-0.4, -0.2) is 65.7 Å². The van der Waals surface area contributed by atoms with E-state index in [2.05, 4.69) is 11.1 Å². The molecule has 0 spiro atoms. The molecule has 1 fully saturated rings. The van der Waals surface area contributed by atoms with Gasteiger partial charge in [-0.1, -0.05) is 54.1 Å². The number of methoxy groups -OCH3 is 1. The minimum absolute atomic E-state index is 0.217. The highest BCUT2D eigenvalue weighted by molar-refractivity contribution is 6.29. The fraction of sp³-hybridized carbons (Fsp3) is 0.379. The molecule has 0 radical (unpaired) electrons. The third-order valence-corrected chi connectivity index (χ3v) is 7.79. The van der Waals surface area contributed by atoms with Crippen LogP contribution in [0.15, 0.2) is 60.7 Å². The van der Waals surface area contributed by atoms with Crippen LogP contribution in [0.1, 0.15) is 28.2 Å². The molecule has 2 aliphatic heterocycles. The van der Waals surface area contributed by atoms with Gasteiger partial charge in [-0.3, -0.25) is 4.90 Å². The molecule has 3 aromatic rings. The second-order valence-corrected chi connectivity index (χ2v) is 10.3. The van der Waals surface area contributed by atoms with E-state index in [1.807, 2.05) is 47.4 Å². The quantitative estimate of drug-likeness (QED) is 0.400. The summed E-state index contributed by atoms with van der Waals surface area (Å²) < 4.78 is 26.2. The van der Waals surface area contributed by atoms with Gasteiger partial charge < -0.3 is 19.7 Å². The van der Waals surface area contributed by atoms with E-state index in [-0.39, 0.29) is 18.2 Å². The molecule has 0 bridgehead atoms. The summed E-state index contributed by atoms with van der Waals surface area (Å²) in [7, 11) is 1.52. The standard InChI is InChI=1S/C29H29ClFN3O4/c1-37-28-22-12-29(38-25(22)11-26(30)33-28,20-9-7-18(13-32)8-10-20)27(19-5-3-2-4-6-19)23(24(36)17-35)16-34-14-21(31)15-34/h2-11,21,23-24,27,35-36H,12,14-17H2,1H3/t23-,24-,27+,29-/m0/s1. The van der Waals surface area contributed by atoms with Crippen LogP contribution in [0.3, 0.4) is 0 Å². The summed E-state index contributed by atoms with van der Waals surface area (Å²) in [5, 5.41) is 31.0. The third kappa shape index (κ3) is 4.83. The number of hydrogen-bond acceptors (Lipinski definition) is 7. The Hall–Kier alpha value is -3.22. The Kier molecular flexibility index (Phi) is 7.55. The van der Waals surface area contributed by atoms with Gasteiger partial charge >= 0.3 is 0 Å². The van der Waals surface area contributed by atoms with Crippen LogP contribution in [-0.2, 0) is 12.0 Å². The lowest BCUT2D eigenvalue weighted by molar-refractivity contribution is -0.0519. The van der Waals surface area contributed by atoms with E-state index < -0.39 is 36.3 Å². The summed E-state index contributed by atoms with van der Waals surface area (Å²) >= 11 is 6.30. The number of benzene rings is 2. The minimum atomic E-state index is -1.11. The van der Waals surface area contributed by atoms with Crippen LogP contribution in [0, 0.1) is 17.2 Å². The smallest absolute Gasteiger partial charge is 0.221 e. The number of fused-ring (bicyclic) bond motifs is 1. The lowest BCUT2D eigenvalue weighted by Gasteiger charge is -2.46. The van der Waals surface area contributed by atoms with Crippen LogP contribution in [0.4, 0.5) is 4.39 Å². The van der Waals surface area contributed by atoms with Crippen molar-refractivity contribution in [1.82, 2.24) is 9.88 Å². The predicted molar refractivity (Wildman–Crippen MR) is 140 cm³/mol. The van der Waals surface area contributed by atoms with E-state index in [0.717, 1.165) is 16.7 Å². The van der Waals surface area contributed by atoms with Gasteiger partial charge in [-0.15, -0.1) is 0 Å². The first-order valence-electron chi connectivity index (χ1n) is 12.5. The molecule has 0 saturated carbocycles. The molecule has 2 aromatic carbocycles. The van der Waals surface area contributed by atoms with Crippen LogP contribution in [0.5, 0.6) is 11.6 Å². The zero-order chi connectivity index (χ0) is 26.9. The van der Waals surface area contributed by atoms with Crippen molar-refractivity contribution in [2.24, 2.45) is 5.92 Å². The van der Waals surface area contributed by atoms with Crippen molar-refractivity contribution in [3.63, 3.8) is 0 Å². The summed E-state index contributed by atoms with van der Waals surface area (Å²) in [6.07, 6.45) is -1.68. The zero-order valence-corrected chi connectivity index (χ0v) is 21.7. The monoisotopic (exact) mass is 537 g/mol. The molecular weight excluding hydrogens is 509 g/mol. The van der Waals surface area contributed by atoms with Crippen molar-refractivity contribution in [3.05, 3.63) is 88.1 Å². The van der Waals surface area contributed by atoms with Gasteiger partial charge in [0.2, 0.25) is 5.88 Å². The molecule has 1 saturated heterocycles. The molecule has 198 valence electrons. The highest BCUT2D eigenvalue weighted by atomic mass is 35.5. The number of hydrogen-bond donors (Lipinski definition) is 2. The summed E-state index contributed by atoms with van der Waals surface area (Å²) in [6.45, 7) is 0.437. The number of alkyl halides is 1. The molecule has 0 aliphatic carbocycles. The number of aromatic nitrogens is 1. The van der Waals surface area contributed by atoms with Crippen LogP contribution < -0.4 is 9.47 Å². The maximum absolute atomic E-state index is 13.8. The summed E-state index contributed by atoms with van der Waals surface area (Å²) in [6, 6.07) is 20.6. The van der Waals surface area contributed by atoms with Crippen molar-refractivity contribution < 1.29 is 24.1 Å². The second-order valence-electron chi connectivity index (χ2n) is 9.91. The first-order chi connectivity index (χ1) is 18.4. The minimum Gasteiger partial charge on any atom is -0.481 e. The van der Waals surface area contributed by atoms with E-state index in [9.17, 15) is 19.9 Å².